The average Bonchev–Trinajstić information content (AvgIpc) is 3.11. The molecule has 2 atom stereocenters. The molecule has 3 heterocycles. The SMILES string of the molecule is COc1ccccc1C(=O)N1CCC2CCN(c3ccc(Cl)cn3)CC21. The van der Waals surface area contributed by atoms with Crippen LogP contribution in [0.2, 0.25) is 5.02 Å². The molecule has 2 fully saturated rings. The summed E-state index contributed by atoms with van der Waals surface area (Å²) in [5.74, 6) is 2.16. The normalized spacial score (nSPS) is 22.2. The number of nitrogens with zero attached hydrogens (tertiary/aromatic N) is 3. The lowest BCUT2D eigenvalue weighted by Gasteiger charge is -2.39. The molecule has 2 aromatic rings. The summed E-state index contributed by atoms with van der Waals surface area (Å²) < 4.78 is 5.38. The Labute approximate surface area is 158 Å². The van der Waals surface area contributed by atoms with Crippen LogP contribution in [0.5, 0.6) is 5.75 Å². The third kappa shape index (κ3) is 3.12. The number of ether oxygens (including phenoxy) is 1. The lowest BCUT2D eigenvalue weighted by Crippen LogP contribution is -2.50. The van der Waals surface area contributed by atoms with E-state index in [0.717, 1.165) is 38.3 Å². The number of hydrogen-bond acceptors (Lipinski definition) is 4. The van der Waals surface area contributed by atoms with Crippen molar-refractivity contribution in [1.29, 1.82) is 0 Å². The predicted octanol–water partition coefficient (Wildman–Crippen LogP) is 3.48. The number of piperidine rings is 1. The van der Waals surface area contributed by atoms with Crippen LogP contribution in [0.25, 0.3) is 0 Å². The summed E-state index contributed by atoms with van der Waals surface area (Å²) in [6, 6.07) is 11.5. The maximum absolute atomic E-state index is 13.2. The van der Waals surface area contributed by atoms with E-state index in [0.29, 0.717) is 22.3 Å². The van der Waals surface area contributed by atoms with Gasteiger partial charge in [0.2, 0.25) is 0 Å². The van der Waals surface area contributed by atoms with Gasteiger partial charge in [-0.3, -0.25) is 4.79 Å². The maximum atomic E-state index is 13.2. The van der Waals surface area contributed by atoms with E-state index in [4.69, 9.17) is 16.3 Å². The summed E-state index contributed by atoms with van der Waals surface area (Å²) in [6.07, 6.45) is 3.81. The molecule has 0 N–H and O–H groups in total. The number of hydrogen-bond donors (Lipinski definition) is 0. The van der Waals surface area contributed by atoms with Gasteiger partial charge in [-0.2, -0.15) is 0 Å². The van der Waals surface area contributed by atoms with Crippen molar-refractivity contribution < 1.29 is 9.53 Å². The third-order valence-electron chi connectivity index (χ3n) is 5.50. The van der Waals surface area contributed by atoms with Gasteiger partial charge in [0.05, 0.1) is 23.7 Å². The second kappa shape index (κ2) is 7.16. The average molecular weight is 372 g/mol. The molecule has 0 spiro atoms. The van der Waals surface area contributed by atoms with Crippen molar-refractivity contribution in [2.75, 3.05) is 31.6 Å². The first kappa shape index (κ1) is 17.2. The number of anilines is 1. The standard InChI is InChI=1S/C20H22ClN3O2/c1-26-18-5-3-2-4-16(18)20(25)24-11-9-14-8-10-23(13-17(14)24)19-7-6-15(21)12-22-19/h2-7,12,14,17H,8-11,13H2,1H3. The van der Waals surface area contributed by atoms with Gasteiger partial charge < -0.3 is 14.5 Å². The van der Waals surface area contributed by atoms with Crippen molar-refractivity contribution in [3.05, 3.63) is 53.2 Å². The van der Waals surface area contributed by atoms with Gasteiger partial charge in [-0.05, 0) is 43.0 Å². The smallest absolute Gasteiger partial charge is 0.257 e. The van der Waals surface area contributed by atoms with E-state index in [1.807, 2.05) is 41.3 Å². The summed E-state index contributed by atoms with van der Waals surface area (Å²) in [7, 11) is 1.60. The molecule has 1 aromatic carbocycles. The number of aromatic nitrogens is 1. The highest BCUT2D eigenvalue weighted by Gasteiger charge is 2.41. The second-order valence-corrected chi connectivity index (χ2v) is 7.32. The number of rotatable bonds is 3. The van der Waals surface area contributed by atoms with Crippen LogP contribution in [-0.2, 0) is 0 Å². The van der Waals surface area contributed by atoms with Gasteiger partial charge in [-0.1, -0.05) is 23.7 Å². The minimum absolute atomic E-state index is 0.0564. The second-order valence-electron chi connectivity index (χ2n) is 6.88. The van der Waals surface area contributed by atoms with Crippen molar-refractivity contribution in [3.8, 4) is 5.75 Å². The zero-order chi connectivity index (χ0) is 18.1. The molecule has 0 saturated carbocycles. The molecule has 2 aliphatic rings. The molecule has 0 radical (unpaired) electrons. The molecular weight excluding hydrogens is 350 g/mol. The van der Waals surface area contributed by atoms with Crippen molar-refractivity contribution in [2.24, 2.45) is 5.92 Å². The van der Waals surface area contributed by atoms with Crippen LogP contribution in [-0.4, -0.2) is 48.6 Å². The fraction of sp³-hybridized carbons (Fsp3) is 0.400. The minimum Gasteiger partial charge on any atom is -0.496 e. The number of pyridine rings is 1. The molecule has 1 amide bonds. The minimum atomic E-state index is 0.0564. The number of methoxy groups -OCH3 is 1. The summed E-state index contributed by atoms with van der Waals surface area (Å²) in [4.78, 5) is 21.9. The Morgan fingerprint density at radius 1 is 1.19 bits per heavy atom. The monoisotopic (exact) mass is 371 g/mol. The lowest BCUT2D eigenvalue weighted by molar-refractivity contribution is 0.0708. The first-order valence-electron chi connectivity index (χ1n) is 8.98. The topological polar surface area (TPSA) is 45.7 Å². The van der Waals surface area contributed by atoms with Crippen molar-refractivity contribution in [1.82, 2.24) is 9.88 Å². The van der Waals surface area contributed by atoms with Crippen LogP contribution >= 0.6 is 11.6 Å². The predicted molar refractivity (Wildman–Crippen MR) is 102 cm³/mol. The Kier molecular flexibility index (Phi) is 4.72. The molecule has 26 heavy (non-hydrogen) atoms. The van der Waals surface area contributed by atoms with Gasteiger partial charge in [0, 0.05) is 25.8 Å². The Balaban J connectivity index is 1.55. The fourth-order valence-corrected chi connectivity index (χ4v) is 4.24. The number of halogens is 1. The Bertz CT molecular complexity index is 796. The van der Waals surface area contributed by atoms with E-state index in [2.05, 4.69) is 9.88 Å². The maximum Gasteiger partial charge on any atom is 0.257 e. The number of amides is 1. The van der Waals surface area contributed by atoms with Crippen LogP contribution in [0.3, 0.4) is 0 Å². The molecule has 4 rings (SSSR count). The van der Waals surface area contributed by atoms with Gasteiger partial charge in [0.15, 0.2) is 0 Å². The van der Waals surface area contributed by atoms with Crippen LogP contribution < -0.4 is 9.64 Å². The van der Waals surface area contributed by atoms with Gasteiger partial charge in [-0.15, -0.1) is 0 Å². The van der Waals surface area contributed by atoms with Crippen LogP contribution in [0.1, 0.15) is 23.2 Å². The van der Waals surface area contributed by atoms with E-state index in [9.17, 15) is 4.79 Å². The van der Waals surface area contributed by atoms with E-state index in [1.54, 1.807) is 13.3 Å². The third-order valence-corrected chi connectivity index (χ3v) is 5.72. The highest BCUT2D eigenvalue weighted by Crippen LogP contribution is 2.35. The number of carbonyl (C=O) groups excluding carboxylic acids is 1. The number of para-hydroxylation sites is 1. The molecule has 1 aromatic heterocycles. The fourth-order valence-electron chi connectivity index (χ4n) is 4.13. The highest BCUT2D eigenvalue weighted by molar-refractivity contribution is 6.30. The Morgan fingerprint density at radius 3 is 2.77 bits per heavy atom. The molecule has 5 nitrogen and oxygen atoms in total. The van der Waals surface area contributed by atoms with Crippen LogP contribution in [0, 0.1) is 5.92 Å². The first-order chi connectivity index (χ1) is 12.7. The van der Waals surface area contributed by atoms with Crippen molar-refractivity contribution in [2.45, 2.75) is 18.9 Å². The number of benzene rings is 1. The van der Waals surface area contributed by atoms with Crippen LogP contribution in [0.15, 0.2) is 42.6 Å². The largest absolute Gasteiger partial charge is 0.496 e. The van der Waals surface area contributed by atoms with E-state index in [1.165, 1.54) is 0 Å². The van der Waals surface area contributed by atoms with Gasteiger partial charge >= 0.3 is 0 Å². The van der Waals surface area contributed by atoms with E-state index in [-0.39, 0.29) is 11.9 Å². The number of carbonyl (C=O) groups is 1. The highest BCUT2D eigenvalue weighted by atomic mass is 35.5. The molecule has 2 unspecified atom stereocenters. The van der Waals surface area contributed by atoms with Crippen LogP contribution in [0.4, 0.5) is 5.82 Å². The zero-order valence-electron chi connectivity index (χ0n) is 14.8. The quantitative estimate of drug-likeness (QED) is 0.828. The summed E-state index contributed by atoms with van der Waals surface area (Å²) in [6.45, 7) is 2.57. The molecular formula is C20H22ClN3O2. The summed E-state index contributed by atoms with van der Waals surface area (Å²) in [5.41, 5.74) is 0.636. The Hall–Kier alpha value is -2.27. The molecule has 2 aliphatic heterocycles. The van der Waals surface area contributed by atoms with Gasteiger partial charge in [-0.25, -0.2) is 4.98 Å². The Morgan fingerprint density at radius 2 is 2.00 bits per heavy atom. The molecule has 6 heteroatoms. The number of fused-ring (bicyclic) bond motifs is 1. The summed E-state index contributed by atoms with van der Waals surface area (Å²) >= 11 is 5.96. The number of likely N-dealkylation sites (tertiary alicyclic amines) is 1. The first-order valence-corrected chi connectivity index (χ1v) is 9.35. The molecule has 0 aliphatic carbocycles. The summed E-state index contributed by atoms with van der Waals surface area (Å²) in [5, 5.41) is 0.637. The van der Waals surface area contributed by atoms with Gasteiger partial charge in [0.25, 0.3) is 5.91 Å². The van der Waals surface area contributed by atoms with Crippen molar-refractivity contribution in [3.63, 3.8) is 0 Å². The lowest BCUT2D eigenvalue weighted by atomic mass is 9.92. The molecule has 2 saturated heterocycles. The molecule has 0 bridgehead atoms. The van der Waals surface area contributed by atoms with E-state index >= 15 is 0 Å². The molecule has 136 valence electrons. The van der Waals surface area contributed by atoms with Gasteiger partial charge in [0.1, 0.15) is 11.6 Å². The van der Waals surface area contributed by atoms with Crippen molar-refractivity contribution >= 4 is 23.3 Å². The van der Waals surface area contributed by atoms with E-state index < -0.39 is 0 Å². The zero-order valence-corrected chi connectivity index (χ0v) is 15.5.